The lowest BCUT2D eigenvalue weighted by Gasteiger charge is -2.20. The van der Waals surface area contributed by atoms with E-state index in [-0.39, 0.29) is 0 Å². The summed E-state index contributed by atoms with van der Waals surface area (Å²) < 4.78 is 5.62. The molecule has 0 aliphatic heterocycles. The van der Waals surface area contributed by atoms with Crippen molar-refractivity contribution in [2.45, 2.75) is 18.7 Å². The fourth-order valence-electron chi connectivity index (χ4n) is 1.95. The number of likely N-dealkylation sites (N-methyl/N-ethyl adjacent to an activating group) is 1. The standard InChI is InChI=1S/C15H19ClN2O/c1-18(6-7-19-11-12-2-3-12)15-5-4-13(9-16)8-14(15)10-17/h4-5,8,12H,2-3,6-7,9,11H2,1H3. The van der Waals surface area contributed by atoms with Crippen molar-refractivity contribution in [3.05, 3.63) is 29.3 Å². The maximum Gasteiger partial charge on any atom is 0.101 e. The van der Waals surface area contributed by atoms with E-state index in [4.69, 9.17) is 16.3 Å². The molecule has 1 aliphatic carbocycles. The Bertz CT molecular complexity index is 466. The molecule has 1 fully saturated rings. The van der Waals surface area contributed by atoms with Crippen LogP contribution < -0.4 is 4.90 Å². The topological polar surface area (TPSA) is 36.3 Å². The summed E-state index contributed by atoms with van der Waals surface area (Å²) in [5, 5.41) is 9.19. The average molecular weight is 279 g/mol. The van der Waals surface area contributed by atoms with E-state index in [0.717, 1.165) is 30.3 Å². The fourth-order valence-corrected chi connectivity index (χ4v) is 2.11. The van der Waals surface area contributed by atoms with Crippen LogP contribution in [0, 0.1) is 17.2 Å². The molecule has 0 radical (unpaired) electrons. The number of nitrogens with zero attached hydrogens (tertiary/aromatic N) is 2. The van der Waals surface area contributed by atoms with Crippen molar-refractivity contribution in [3.63, 3.8) is 0 Å². The summed E-state index contributed by atoms with van der Waals surface area (Å²) in [5.74, 6) is 1.23. The van der Waals surface area contributed by atoms with E-state index in [1.807, 2.05) is 25.2 Å². The molecule has 1 saturated carbocycles. The van der Waals surface area contributed by atoms with Crippen LogP contribution in [0.3, 0.4) is 0 Å². The van der Waals surface area contributed by atoms with E-state index in [0.29, 0.717) is 18.1 Å². The largest absolute Gasteiger partial charge is 0.379 e. The molecular weight excluding hydrogens is 260 g/mol. The minimum Gasteiger partial charge on any atom is -0.379 e. The van der Waals surface area contributed by atoms with Crippen molar-refractivity contribution < 1.29 is 4.74 Å². The molecule has 2 rings (SSSR count). The van der Waals surface area contributed by atoms with Gasteiger partial charge in [-0.15, -0.1) is 11.6 Å². The highest BCUT2D eigenvalue weighted by atomic mass is 35.5. The van der Waals surface area contributed by atoms with Crippen LogP contribution in [0.15, 0.2) is 18.2 Å². The second-order valence-corrected chi connectivity index (χ2v) is 5.30. The molecule has 0 amide bonds. The molecule has 1 aliphatic rings. The minimum atomic E-state index is 0.434. The average Bonchev–Trinajstić information content (AvgIpc) is 3.26. The molecule has 4 heteroatoms. The van der Waals surface area contributed by atoms with Crippen molar-refractivity contribution in [1.82, 2.24) is 0 Å². The second-order valence-electron chi connectivity index (χ2n) is 5.04. The number of benzene rings is 1. The van der Waals surface area contributed by atoms with Crippen LogP contribution in [-0.4, -0.2) is 26.8 Å². The zero-order chi connectivity index (χ0) is 13.7. The molecule has 0 heterocycles. The zero-order valence-corrected chi connectivity index (χ0v) is 12.0. The molecule has 0 atom stereocenters. The first-order chi connectivity index (χ1) is 9.24. The third-order valence-corrected chi connectivity index (χ3v) is 3.68. The van der Waals surface area contributed by atoms with Crippen molar-refractivity contribution >= 4 is 17.3 Å². The molecule has 0 N–H and O–H groups in total. The minimum absolute atomic E-state index is 0.434. The molecule has 0 saturated heterocycles. The molecule has 102 valence electrons. The first-order valence-corrected chi connectivity index (χ1v) is 7.16. The number of rotatable bonds is 7. The van der Waals surface area contributed by atoms with Gasteiger partial charge in [0, 0.05) is 26.1 Å². The second kappa shape index (κ2) is 6.79. The summed E-state index contributed by atoms with van der Waals surface area (Å²) in [6, 6.07) is 8.00. The summed E-state index contributed by atoms with van der Waals surface area (Å²) in [6.07, 6.45) is 2.63. The van der Waals surface area contributed by atoms with E-state index in [1.54, 1.807) is 0 Å². The molecule has 0 aromatic heterocycles. The van der Waals surface area contributed by atoms with E-state index < -0.39 is 0 Å². The van der Waals surface area contributed by atoms with Crippen LogP contribution in [-0.2, 0) is 10.6 Å². The quantitative estimate of drug-likeness (QED) is 0.568. The van der Waals surface area contributed by atoms with E-state index in [9.17, 15) is 5.26 Å². The van der Waals surface area contributed by atoms with Crippen molar-refractivity contribution in [3.8, 4) is 6.07 Å². The number of halogens is 1. The van der Waals surface area contributed by atoms with E-state index in [1.165, 1.54) is 12.8 Å². The Kier molecular flexibility index (Phi) is 5.07. The van der Waals surface area contributed by atoms with Crippen LogP contribution in [0.1, 0.15) is 24.0 Å². The van der Waals surface area contributed by atoms with Gasteiger partial charge in [-0.05, 0) is 36.5 Å². The van der Waals surface area contributed by atoms with Gasteiger partial charge in [0.1, 0.15) is 6.07 Å². The summed E-state index contributed by atoms with van der Waals surface area (Å²) in [7, 11) is 1.98. The molecule has 0 unspecified atom stereocenters. The fraction of sp³-hybridized carbons (Fsp3) is 0.533. The lowest BCUT2D eigenvalue weighted by atomic mass is 10.1. The third-order valence-electron chi connectivity index (χ3n) is 3.37. The van der Waals surface area contributed by atoms with Gasteiger partial charge in [0.15, 0.2) is 0 Å². The lowest BCUT2D eigenvalue weighted by Crippen LogP contribution is -2.23. The third kappa shape index (κ3) is 4.12. The summed E-state index contributed by atoms with van der Waals surface area (Å²) >= 11 is 5.78. The van der Waals surface area contributed by atoms with Crippen LogP contribution in [0.4, 0.5) is 5.69 Å². The van der Waals surface area contributed by atoms with E-state index in [2.05, 4.69) is 11.0 Å². The predicted molar refractivity (Wildman–Crippen MR) is 77.5 cm³/mol. The van der Waals surface area contributed by atoms with Gasteiger partial charge in [-0.1, -0.05) is 6.07 Å². The Hall–Kier alpha value is -1.24. The van der Waals surface area contributed by atoms with Gasteiger partial charge >= 0.3 is 0 Å². The van der Waals surface area contributed by atoms with Gasteiger partial charge in [-0.3, -0.25) is 0 Å². The summed E-state index contributed by atoms with van der Waals surface area (Å²) in [5.41, 5.74) is 2.58. The number of nitriles is 1. The van der Waals surface area contributed by atoms with Gasteiger partial charge < -0.3 is 9.64 Å². The molecule has 19 heavy (non-hydrogen) atoms. The van der Waals surface area contributed by atoms with Gasteiger partial charge in [0.2, 0.25) is 0 Å². The van der Waals surface area contributed by atoms with Gasteiger partial charge in [-0.2, -0.15) is 5.26 Å². The maximum atomic E-state index is 9.19. The molecule has 1 aromatic rings. The number of anilines is 1. The normalized spacial score (nSPS) is 14.2. The van der Waals surface area contributed by atoms with Crippen molar-refractivity contribution in [2.24, 2.45) is 5.92 Å². The molecule has 0 spiro atoms. The number of ether oxygens (including phenoxy) is 1. The first kappa shape index (κ1) is 14.2. The van der Waals surface area contributed by atoms with Crippen molar-refractivity contribution in [2.75, 3.05) is 31.7 Å². The van der Waals surface area contributed by atoms with Gasteiger partial charge in [0.05, 0.1) is 17.9 Å². The summed E-state index contributed by atoms with van der Waals surface area (Å²) in [4.78, 5) is 2.06. The van der Waals surface area contributed by atoms with Crippen LogP contribution in [0.5, 0.6) is 0 Å². The van der Waals surface area contributed by atoms with E-state index >= 15 is 0 Å². The highest BCUT2D eigenvalue weighted by Gasteiger charge is 2.21. The Labute approximate surface area is 119 Å². The molecular formula is C15H19ClN2O. The smallest absolute Gasteiger partial charge is 0.101 e. The van der Waals surface area contributed by atoms with Crippen LogP contribution >= 0.6 is 11.6 Å². The van der Waals surface area contributed by atoms with Crippen LogP contribution in [0.25, 0.3) is 0 Å². The van der Waals surface area contributed by atoms with Crippen molar-refractivity contribution in [1.29, 1.82) is 5.26 Å². The molecule has 0 bridgehead atoms. The highest BCUT2D eigenvalue weighted by molar-refractivity contribution is 6.17. The number of hydrogen-bond donors (Lipinski definition) is 0. The van der Waals surface area contributed by atoms with Gasteiger partial charge in [-0.25, -0.2) is 0 Å². The monoisotopic (exact) mass is 278 g/mol. The Morgan fingerprint density at radius 2 is 2.26 bits per heavy atom. The van der Waals surface area contributed by atoms with Crippen LogP contribution in [0.2, 0.25) is 0 Å². The lowest BCUT2D eigenvalue weighted by molar-refractivity contribution is 0.131. The molecule has 1 aromatic carbocycles. The van der Waals surface area contributed by atoms with Gasteiger partial charge in [0.25, 0.3) is 0 Å². The highest BCUT2D eigenvalue weighted by Crippen LogP contribution is 2.28. The first-order valence-electron chi connectivity index (χ1n) is 6.62. The predicted octanol–water partition coefficient (Wildman–Crippen LogP) is 3.16. The Balaban J connectivity index is 1.89. The number of hydrogen-bond acceptors (Lipinski definition) is 3. The molecule has 3 nitrogen and oxygen atoms in total. The SMILES string of the molecule is CN(CCOCC1CC1)c1ccc(CCl)cc1C#N. The zero-order valence-electron chi connectivity index (χ0n) is 11.2. The maximum absolute atomic E-state index is 9.19. The Morgan fingerprint density at radius 1 is 1.47 bits per heavy atom. The number of alkyl halides is 1. The Morgan fingerprint density at radius 3 is 2.89 bits per heavy atom. The summed E-state index contributed by atoms with van der Waals surface area (Å²) in [6.45, 7) is 2.38.